The predicted octanol–water partition coefficient (Wildman–Crippen LogP) is 6.14. The highest BCUT2D eigenvalue weighted by molar-refractivity contribution is 6.01. The number of hydrogen-bond acceptors (Lipinski definition) is 9. The number of ether oxygens (including phenoxy) is 2. The van der Waals surface area contributed by atoms with Gasteiger partial charge in [-0.25, -0.2) is 0 Å². The molecule has 4 atom stereocenters. The molecule has 9 rings (SSSR count). The molecule has 0 radical (unpaired) electrons. The summed E-state index contributed by atoms with van der Waals surface area (Å²) in [5.74, 6) is 2.38. The Balaban J connectivity index is 0.00000413. The minimum atomic E-state index is -0.412. The fraction of sp³-hybridized carbons (Fsp3) is 0.395. The minimum absolute atomic E-state index is 0. The first-order chi connectivity index (χ1) is 25.9. The number of carbonyl (C=O) groups is 2. The second-order valence-electron chi connectivity index (χ2n) is 15.3. The Bertz CT molecular complexity index is 1970. The molecule has 2 amide bonds. The van der Waals surface area contributed by atoms with Crippen LogP contribution in [0, 0.1) is 5.92 Å². The van der Waals surface area contributed by atoms with Crippen molar-refractivity contribution in [2.24, 2.45) is 5.92 Å². The summed E-state index contributed by atoms with van der Waals surface area (Å²) < 4.78 is 12.5. The number of piperidine rings is 2. The molecule has 0 bridgehead atoms. The van der Waals surface area contributed by atoms with E-state index in [-0.39, 0.29) is 41.8 Å². The lowest BCUT2D eigenvalue weighted by Gasteiger charge is -2.47. The zero-order valence-corrected chi connectivity index (χ0v) is 31.2. The van der Waals surface area contributed by atoms with Gasteiger partial charge in [0.25, 0.3) is 0 Å². The molecule has 0 spiro atoms. The minimum Gasteiger partial charge on any atom is -0.508 e. The molecule has 3 N–H and O–H groups in total. The molecular weight excluding hydrogens is 702 g/mol. The topological polar surface area (TPSA) is 107 Å². The molecule has 10 nitrogen and oxygen atoms in total. The van der Waals surface area contributed by atoms with E-state index in [9.17, 15) is 14.7 Å². The number of phenolic OH excluding ortho intramolecular Hbond substituents is 1. The number of nitrogens with zero attached hydrogens (tertiary/aromatic N) is 3. The lowest BCUT2D eigenvalue weighted by molar-refractivity contribution is -0.133. The second kappa shape index (κ2) is 15.4. The zero-order valence-electron chi connectivity index (χ0n) is 30.4. The van der Waals surface area contributed by atoms with Crippen LogP contribution in [-0.4, -0.2) is 86.4 Å². The Morgan fingerprint density at radius 2 is 1.59 bits per heavy atom. The molecule has 3 fully saturated rings. The number of halogens is 1. The Labute approximate surface area is 322 Å². The Kier molecular flexibility index (Phi) is 10.3. The molecular formula is C43H48ClN5O5. The van der Waals surface area contributed by atoms with Crippen molar-refractivity contribution in [2.75, 3.05) is 67.6 Å². The van der Waals surface area contributed by atoms with E-state index in [1.54, 1.807) is 12.1 Å². The summed E-state index contributed by atoms with van der Waals surface area (Å²) in [6, 6.07) is 31.3. The number of imide groups is 1. The van der Waals surface area contributed by atoms with Gasteiger partial charge in [-0.3, -0.25) is 19.8 Å². The highest BCUT2D eigenvalue weighted by atomic mass is 35.5. The van der Waals surface area contributed by atoms with Crippen molar-refractivity contribution in [3.05, 3.63) is 108 Å². The number of piperazine rings is 1. The number of amides is 2. The molecule has 1 unspecified atom stereocenters. The fourth-order valence-corrected chi connectivity index (χ4v) is 9.15. The first-order valence-electron chi connectivity index (χ1n) is 19.2. The van der Waals surface area contributed by atoms with Crippen molar-refractivity contribution < 1.29 is 24.2 Å². The summed E-state index contributed by atoms with van der Waals surface area (Å²) in [6.07, 6.45) is 3.21. The predicted molar refractivity (Wildman–Crippen MR) is 213 cm³/mol. The maximum atomic E-state index is 12.2. The van der Waals surface area contributed by atoms with E-state index in [0.717, 1.165) is 67.7 Å². The normalized spacial score (nSPS) is 24.1. The van der Waals surface area contributed by atoms with Crippen LogP contribution in [0.4, 0.5) is 17.1 Å². The molecule has 54 heavy (non-hydrogen) atoms. The number of nitrogens with one attached hydrogen (secondary N) is 2. The summed E-state index contributed by atoms with van der Waals surface area (Å²) in [5, 5.41) is 15.8. The number of rotatable bonds is 7. The van der Waals surface area contributed by atoms with Crippen LogP contribution in [0.1, 0.15) is 54.2 Å². The molecule has 0 saturated carbocycles. The van der Waals surface area contributed by atoms with Gasteiger partial charge in [-0.05, 0) is 66.6 Å². The van der Waals surface area contributed by atoms with Crippen molar-refractivity contribution in [3.63, 3.8) is 0 Å². The van der Waals surface area contributed by atoms with E-state index in [1.807, 2.05) is 18.2 Å². The van der Waals surface area contributed by atoms with Gasteiger partial charge in [0.1, 0.15) is 29.9 Å². The molecule has 4 aromatic carbocycles. The monoisotopic (exact) mass is 749 g/mol. The van der Waals surface area contributed by atoms with Crippen LogP contribution in [0.15, 0.2) is 91.0 Å². The van der Waals surface area contributed by atoms with Gasteiger partial charge in [-0.1, -0.05) is 48.5 Å². The van der Waals surface area contributed by atoms with Crippen molar-refractivity contribution in [3.8, 4) is 17.2 Å². The van der Waals surface area contributed by atoms with Gasteiger partial charge in [0, 0.05) is 86.6 Å². The average molecular weight is 750 g/mol. The quantitative estimate of drug-likeness (QED) is 0.192. The van der Waals surface area contributed by atoms with Crippen LogP contribution < -0.4 is 29.9 Å². The first kappa shape index (κ1) is 36.1. The lowest BCUT2D eigenvalue weighted by Crippen LogP contribution is -2.58. The van der Waals surface area contributed by atoms with Crippen molar-refractivity contribution in [1.82, 2.24) is 10.2 Å². The summed E-state index contributed by atoms with van der Waals surface area (Å²) in [5.41, 5.74) is 6.88. The molecule has 4 aromatic rings. The summed E-state index contributed by atoms with van der Waals surface area (Å²) in [7, 11) is 0. The number of benzene rings is 4. The number of carbonyl (C=O) groups excluding carboxylic acids is 2. The van der Waals surface area contributed by atoms with Crippen LogP contribution in [0.5, 0.6) is 17.2 Å². The average Bonchev–Trinajstić information content (AvgIpc) is 3.19. The Morgan fingerprint density at radius 1 is 0.796 bits per heavy atom. The standard InChI is InChI=1S/C43H47N5O5.ClH/c49-34-11-12-35-39(23-34)53-27-36(29-4-2-1-3-5-29)42(35)30-6-9-32(10-7-30)47-18-16-28(17-19-47)24-46-20-21-48-33(25-46)26-52-40-22-31(8-14-38(40)48)44-37-13-15-41(50)45-43(37)51;/h1-12,14,22-23,28,33,36-37,42,44,49H,13,15-21,24-27H2,(H,45,50,51);1H/t33-,36-,37?,42-;/m1./s1. The van der Waals surface area contributed by atoms with Crippen LogP contribution in [-0.2, 0) is 9.59 Å². The third-order valence-corrected chi connectivity index (χ3v) is 12.0. The summed E-state index contributed by atoms with van der Waals surface area (Å²) in [4.78, 5) is 31.4. The largest absolute Gasteiger partial charge is 0.508 e. The second-order valence-corrected chi connectivity index (χ2v) is 15.3. The first-order valence-corrected chi connectivity index (χ1v) is 19.2. The van der Waals surface area contributed by atoms with Gasteiger partial charge in [-0.2, -0.15) is 0 Å². The van der Waals surface area contributed by atoms with Crippen molar-refractivity contribution in [2.45, 2.75) is 49.6 Å². The van der Waals surface area contributed by atoms with E-state index in [0.29, 0.717) is 38.0 Å². The number of anilines is 3. The van der Waals surface area contributed by atoms with Crippen LogP contribution >= 0.6 is 12.4 Å². The number of hydrogen-bond donors (Lipinski definition) is 3. The SMILES string of the molecule is Cl.O=C1CCC(Nc2ccc3c(c2)OC[C@H]2CN(CC4CCN(c5ccc([C@@H]6c7ccc(O)cc7OC[C@@H]6c6ccccc6)cc5)CC4)CCN32)C(=O)N1. The molecule has 282 valence electrons. The van der Waals surface area contributed by atoms with Gasteiger partial charge in [0.2, 0.25) is 11.8 Å². The maximum Gasteiger partial charge on any atom is 0.249 e. The highest BCUT2D eigenvalue weighted by Crippen LogP contribution is 2.47. The van der Waals surface area contributed by atoms with E-state index in [1.165, 1.54) is 29.7 Å². The summed E-state index contributed by atoms with van der Waals surface area (Å²) in [6.45, 7) is 7.46. The number of fused-ring (bicyclic) bond motifs is 4. The van der Waals surface area contributed by atoms with Crippen molar-refractivity contribution in [1.29, 1.82) is 0 Å². The van der Waals surface area contributed by atoms with Crippen LogP contribution in [0.25, 0.3) is 0 Å². The third-order valence-electron chi connectivity index (χ3n) is 12.0. The lowest BCUT2D eigenvalue weighted by atomic mass is 9.76. The molecule has 11 heteroatoms. The fourth-order valence-electron chi connectivity index (χ4n) is 9.15. The van der Waals surface area contributed by atoms with Crippen molar-refractivity contribution >= 4 is 41.3 Å². The van der Waals surface area contributed by atoms with Gasteiger partial charge in [-0.15, -0.1) is 12.4 Å². The van der Waals surface area contributed by atoms with Crippen LogP contribution in [0.2, 0.25) is 0 Å². The van der Waals surface area contributed by atoms with Gasteiger partial charge in [0.15, 0.2) is 0 Å². The van der Waals surface area contributed by atoms with E-state index in [2.05, 4.69) is 86.0 Å². The molecule has 0 aromatic heterocycles. The highest BCUT2D eigenvalue weighted by Gasteiger charge is 2.36. The summed E-state index contributed by atoms with van der Waals surface area (Å²) >= 11 is 0. The maximum absolute atomic E-state index is 12.2. The van der Waals surface area contributed by atoms with Gasteiger partial charge in [0.05, 0.1) is 18.3 Å². The molecule has 5 heterocycles. The van der Waals surface area contributed by atoms with E-state index >= 15 is 0 Å². The van der Waals surface area contributed by atoms with Crippen LogP contribution in [0.3, 0.4) is 0 Å². The third kappa shape index (κ3) is 7.29. The molecule has 3 saturated heterocycles. The Hall–Kier alpha value is -4.93. The van der Waals surface area contributed by atoms with E-state index < -0.39 is 6.04 Å². The molecule has 0 aliphatic carbocycles. The zero-order chi connectivity index (χ0) is 35.9. The number of phenols is 1. The Morgan fingerprint density at radius 3 is 2.39 bits per heavy atom. The van der Waals surface area contributed by atoms with E-state index in [4.69, 9.17) is 9.47 Å². The van der Waals surface area contributed by atoms with Gasteiger partial charge >= 0.3 is 0 Å². The van der Waals surface area contributed by atoms with Gasteiger partial charge < -0.3 is 29.7 Å². The smallest absolute Gasteiger partial charge is 0.249 e. The number of aromatic hydroxyl groups is 1. The molecule has 5 aliphatic rings. The molecule has 5 aliphatic heterocycles.